The molecule has 0 radical (unpaired) electrons. The summed E-state index contributed by atoms with van der Waals surface area (Å²) in [7, 11) is 1.23. The fraction of sp³-hybridized carbons (Fsp3) is 0.500. The Bertz CT molecular complexity index is 824. The van der Waals surface area contributed by atoms with Gasteiger partial charge in [0.1, 0.15) is 10.8 Å². The SMILES string of the molecule is CCC(C)(CC)c1nnc(NC(=O)c2c(OC)cc(C(F)(F)F)cc2SC)s1. The Morgan fingerprint density at radius 2 is 1.89 bits per heavy atom. The van der Waals surface area contributed by atoms with E-state index in [1.54, 1.807) is 6.26 Å². The number of benzene rings is 1. The number of alkyl halides is 3. The van der Waals surface area contributed by atoms with Crippen LogP contribution in [0.25, 0.3) is 0 Å². The lowest BCUT2D eigenvalue weighted by molar-refractivity contribution is -0.137. The summed E-state index contributed by atoms with van der Waals surface area (Å²) in [4.78, 5) is 13.0. The number of nitrogens with one attached hydrogen (secondary N) is 1. The maximum absolute atomic E-state index is 13.1. The van der Waals surface area contributed by atoms with Crippen LogP contribution < -0.4 is 10.1 Å². The number of anilines is 1. The molecular weight excluding hydrogens is 411 g/mol. The average molecular weight is 434 g/mol. The maximum atomic E-state index is 13.1. The normalized spacial score (nSPS) is 12.1. The number of hydrogen-bond donors (Lipinski definition) is 1. The molecule has 0 aliphatic rings. The van der Waals surface area contributed by atoms with Gasteiger partial charge in [0.05, 0.1) is 18.2 Å². The first-order chi connectivity index (χ1) is 13.1. The van der Waals surface area contributed by atoms with Crippen LogP contribution >= 0.6 is 23.1 Å². The highest BCUT2D eigenvalue weighted by Crippen LogP contribution is 2.39. The molecule has 1 amide bonds. The van der Waals surface area contributed by atoms with Crippen LogP contribution in [0.2, 0.25) is 0 Å². The van der Waals surface area contributed by atoms with Crippen LogP contribution in [-0.4, -0.2) is 29.5 Å². The molecule has 10 heteroatoms. The lowest BCUT2D eigenvalue weighted by atomic mass is 9.86. The monoisotopic (exact) mass is 433 g/mol. The fourth-order valence-electron chi connectivity index (χ4n) is 2.53. The largest absolute Gasteiger partial charge is 0.496 e. The van der Waals surface area contributed by atoms with Crippen LogP contribution in [0.5, 0.6) is 5.75 Å². The van der Waals surface area contributed by atoms with Crippen LogP contribution in [-0.2, 0) is 11.6 Å². The third-order valence-corrected chi connectivity index (χ3v) is 6.69. The predicted octanol–water partition coefficient (Wildman–Crippen LogP) is 5.62. The van der Waals surface area contributed by atoms with Crippen molar-refractivity contribution in [3.63, 3.8) is 0 Å². The second kappa shape index (κ2) is 8.69. The number of rotatable bonds is 7. The van der Waals surface area contributed by atoms with Gasteiger partial charge in [-0.1, -0.05) is 32.1 Å². The molecule has 0 aliphatic carbocycles. The molecule has 2 aromatic rings. The van der Waals surface area contributed by atoms with Crippen molar-refractivity contribution in [2.45, 2.75) is 50.1 Å². The number of amides is 1. The lowest BCUT2D eigenvalue weighted by Gasteiger charge is -2.22. The molecule has 5 nitrogen and oxygen atoms in total. The standard InChI is InChI=1S/C18H22F3N3O2S2/c1-6-17(3,7-2)15-23-24-16(28-15)22-14(25)13-11(26-4)8-10(18(19,20)21)9-12(13)27-5/h8-9H,6-7H2,1-5H3,(H,22,24,25). The minimum atomic E-state index is -4.54. The molecular formula is C18H22F3N3O2S2. The Labute approximate surface area is 170 Å². The first-order valence-electron chi connectivity index (χ1n) is 8.58. The summed E-state index contributed by atoms with van der Waals surface area (Å²) in [5.41, 5.74) is -0.976. The minimum absolute atomic E-state index is 0.0356. The molecule has 2 rings (SSSR count). The minimum Gasteiger partial charge on any atom is -0.496 e. The van der Waals surface area contributed by atoms with E-state index in [1.807, 2.05) is 0 Å². The highest BCUT2D eigenvalue weighted by Gasteiger charge is 2.34. The van der Waals surface area contributed by atoms with Crippen molar-refractivity contribution in [2.75, 3.05) is 18.7 Å². The highest BCUT2D eigenvalue weighted by molar-refractivity contribution is 7.98. The van der Waals surface area contributed by atoms with E-state index in [0.29, 0.717) is 5.13 Å². The van der Waals surface area contributed by atoms with Crippen LogP contribution in [0.3, 0.4) is 0 Å². The fourth-order valence-corrected chi connectivity index (χ4v) is 4.20. The van der Waals surface area contributed by atoms with E-state index >= 15 is 0 Å². The number of thioether (sulfide) groups is 1. The summed E-state index contributed by atoms with van der Waals surface area (Å²) in [5.74, 6) is -0.735. The van der Waals surface area contributed by atoms with Gasteiger partial charge in [-0.05, 0) is 31.2 Å². The number of methoxy groups -OCH3 is 1. The van der Waals surface area contributed by atoms with Gasteiger partial charge in [0.2, 0.25) is 5.13 Å². The molecule has 0 fully saturated rings. The van der Waals surface area contributed by atoms with Gasteiger partial charge < -0.3 is 4.74 Å². The molecule has 1 aromatic heterocycles. The van der Waals surface area contributed by atoms with Crippen LogP contribution in [0.15, 0.2) is 17.0 Å². The summed E-state index contributed by atoms with van der Waals surface area (Å²) >= 11 is 2.30. The zero-order valence-electron chi connectivity index (χ0n) is 16.2. The Hall–Kier alpha value is -1.81. The number of carbonyl (C=O) groups excluding carboxylic acids is 1. The van der Waals surface area contributed by atoms with Gasteiger partial charge in [0.15, 0.2) is 0 Å². The predicted molar refractivity (Wildman–Crippen MR) is 106 cm³/mol. The van der Waals surface area contributed by atoms with Crippen LogP contribution in [0.1, 0.15) is 54.5 Å². The average Bonchev–Trinajstić information content (AvgIpc) is 3.14. The van der Waals surface area contributed by atoms with E-state index < -0.39 is 17.6 Å². The molecule has 0 atom stereocenters. The van der Waals surface area contributed by atoms with E-state index in [9.17, 15) is 18.0 Å². The van der Waals surface area contributed by atoms with Gasteiger partial charge >= 0.3 is 6.18 Å². The van der Waals surface area contributed by atoms with Crippen molar-refractivity contribution in [1.82, 2.24) is 10.2 Å². The highest BCUT2D eigenvalue weighted by atomic mass is 32.2. The molecule has 0 saturated carbocycles. The number of hydrogen-bond acceptors (Lipinski definition) is 6. The molecule has 154 valence electrons. The summed E-state index contributed by atoms with van der Waals surface area (Å²) < 4.78 is 44.4. The van der Waals surface area contributed by atoms with E-state index in [2.05, 4.69) is 36.3 Å². The van der Waals surface area contributed by atoms with Crippen molar-refractivity contribution < 1.29 is 22.7 Å². The van der Waals surface area contributed by atoms with Gasteiger partial charge in [-0.25, -0.2) is 0 Å². The van der Waals surface area contributed by atoms with E-state index in [-0.39, 0.29) is 21.6 Å². The zero-order valence-corrected chi connectivity index (χ0v) is 17.9. The molecule has 0 saturated heterocycles. The first kappa shape index (κ1) is 22.5. The molecule has 0 aliphatic heterocycles. The Morgan fingerprint density at radius 1 is 1.25 bits per heavy atom. The quantitative estimate of drug-likeness (QED) is 0.575. The van der Waals surface area contributed by atoms with Crippen molar-refractivity contribution >= 4 is 34.1 Å². The third-order valence-electron chi connectivity index (χ3n) is 4.78. The molecule has 28 heavy (non-hydrogen) atoms. The number of nitrogens with zero attached hydrogens (tertiary/aromatic N) is 2. The lowest BCUT2D eigenvalue weighted by Crippen LogP contribution is -2.19. The van der Waals surface area contributed by atoms with Gasteiger partial charge in [0, 0.05) is 10.3 Å². The van der Waals surface area contributed by atoms with Crippen LogP contribution in [0, 0.1) is 0 Å². The third kappa shape index (κ3) is 4.60. The van der Waals surface area contributed by atoms with E-state index in [1.165, 1.54) is 18.4 Å². The van der Waals surface area contributed by atoms with Crippen molar-refractivity contribution in [3.05, 3.63) is 28.3 Å². The second-order valence-corrected chi connectivity index (χ2v) is 8.21. The smallest absolute Gasteiger partial charge is 0.416 e. The Morgan fingerprint density at radius 3 is 2.39 bits per heavy atom. The second-order valence-electron chi connectivity index (χ2n) is 6.39. The maximum Gasteiger partial charge on any atom is 0.416 e. The number of ether oxygens (including phenoxy) is 1. The summed E-state index contributed by atoms with van der Waals surface area (Å²) in [6.45, 7) is 6.19. The Kier molecular flexibility index (Phi) is 6.97. The number of carbonyl (C=O) groups is 1. The van der Waals surface area contributed by atoms with Gasteiger partial charge in [-0.15, -0.1) is 22.0 Å². The molecule has 0 bridgehead atoms. The summed E-state index contributed by atoms with van der Waals surface area (Å²) in [5, 5.41) is 11.9. The summed E-state index contributed by atoms with van der Waals surface area (Å²) in [6, 6.07) is 1.77. The molecule has 0 spiro atoms. The first-order valence-corrected chi connectivity index (χ1v) is 10.6. The molecule has 1 N–H and O–H groups in total. The molecule has 1 heterocycles. The van der Waals surface area contributed by atoms with Crippen molar-refractivity contribution in [1.29, 1.82) is 0 Å². The topological polar surface area (TPSA) is 64.1 Å². The van der Waals surface area contributed by atoms with Crippen LogP contribution in [0.4, 0.5) is 18.3 Å². The zero-order chi connectivity index (χ0) is 21.1. The number of halogens is 3. The van der Waals surface area contributed by atoms with Crippen molar-refractivity contribution in [2.24, 2.45) is 0 Å². The van der Waals surface area contributed by atoms with E-state index in [0.717, 1.165) is 41.7 Å². The van der Waals surface area contributed by atoms with Gasteiger partial charge in [0.25, 0.3) is 5.91 Å². The molecule has 1 aromatic carbocycles. The summed E-state index contributed by atoms with van der Waals surface area (Å²) in [6.07, 6.45) is -1.20. The van der Waals surface area contributed by atoms with Crippen molar-refractivity contribution in [3.8, 4) is 5.75 Å². The van der Waals surface area contributed by atoms with Gasteiger partial charge in [-0.2, -0.15) is 13.2 Å². The van der Waals surface area contributed by atoms with E-state index in [4.69, 9.17) is 4.74 Å². The number of aromatic nitrogens is 2. The Balaban J connectivity index is 2.38. The van der Waals surface area contributed by atoms with Gasteiger partial charge in [-0.3, -0.25) is 10.1 Å². The molecule has 0 unspecified atom stereocenters.